The number of halogens is 1. The topological polar surface area (TPSA) is 60.8 Å². The normalized spacial score (nSPS) is 14.8. The standard InChI is InChI=1S/C21H25ClN2O4/c1-13-11-17(21(26)28-15(3)20(25)23-9-5-6-10-23)14(2)24(13)18-12-16(22)7-8-19(18)27-4/h7-8,11-12,15H,5-6,9-10H2,1-4H3/t15-/m1/s1. The van der Waals surface area contributed by atoms with Gasteiger partial charge in [0.05, 0.1) is 18.4 Å². The van der Waals surface area contributed by atoms with E-state index in [0.717, 1.165) is 37.3 Å². The summed E-state index contributed by atoms with van der Waals surface area (Å²) in [5, 5.41) is 0.567. The summed E-state index contributed by atoms with van der Waals surface area (Å²) < 4.78 is 12.8. The van der Waals surface area contributed by atoms with E-state index in [-0.39, 0.29) is 5.91 Å². The van der Waals surface area contributed by atoms with E-state index >= 15 is 0 Å². The van der Waals surface area contributed by atoms with Crippen molar-refractivity contribution in [2.24, 2.45) is 0 Å². The molecule has 1 aromatic heterocycles. The van der Waals surface area contributed by atoms with Crippen LogP contribution in [0.2, 0.25) is 5.02 Å². The van der Waals surface area contributed by atoms with E-state index in [4.69, 9.17) is 21.1 Å². The monoisotopic (exact) mass is 404 g/mol. The highest BCUT2D eigenvalue weighted by atomic mass is 35.5. The van der Waals surface area contributed by atoms with Gasteiger partial charge >= 0.3 is 5.97 Å². The third kappa shape index (κ3) is 3.87. The highest BCUT2D eigenvalue weighted by molar-refractivity contribution is 6.30. The molecule has 1 fully saturated rings. The number of rotatable bonds is 5. The van der Waals surface area contributed by atoms with E-state index < -0.39 is 12.1 Å². The second-order valence-electron chi connectivity index (χ2n) is 7.02. The largest absolute Gasteiger partial charge is 0.495 e. The summed E-state index contributed by atoms with van der Waals surface area (Å²) in [5.74, 6) is -0.0137. The fourth-order valence-corrected chi connectivity index (χ4v) is 3.81. The summed E-state index contributed by atoms with van der Waals surface area (Å²) in [4.78, 5) is 26.9. The summed E-state index contributed by atoms with van der Waals surface area (Å²) in [6.45, 7) is 6.80. The van der Waals surface area contributed by atoms with Crippen LogP contribution < -0.4 is 4.74 Å². The highest BCUT2D eigenvalue weighted by Crippen LogP contribution is 2.31. The fraction of sp³-hybridized carbons (Fsp3) is 0.429. The minimum atomic E-state index is -0.811. The van der Waals surface area contributed by atoms with Crippen LogP contribution in [-0.2, 0) is 9.53 Å². The second-order valence-corrected chi connectivity index (χ2v) is 7.45. The number of benzene rings is 1. The van der Waals surface area contributed by atoms with Crippen LogP contribution in [0.15, 0.2) is 24.3 Å². The second kappa shape index (κ2) is 8.27. The Balaban J connectivity index is 1.86. The first-order valence-electron chi connectivity index (χ1n) is 9.36. The number of ether oxygens (including phenoxy) is 2. The summed E-state index contributed by atoms with van der Waals surface area (Å²) in [7, 11) is 1.59. The number of carbonyl (C=O) groups is 2. The first-order chi connectivity index (χ1) is 13.3. The molecule has 0 aliphatic carbocycles. The average Bonchev–Trinajstić information content (AvgIpc) is 3.29. The Labute approximate surface area is 170 Å². The van der Waals surface area contributed by atoms with E-state index in [2.05, 4.69) is 0 Å². The van der Waals surface area contributed by atoms with Gasteiger partial charge in [-0.2, -0.15) is 0 Å². The Hall–Kier alpha value is -2.47. The van der Waals surface area contributed by atoms with Crippen molar-refractivity contribution in [1.82, 2.24) is 9.47 Å². The van der Waals surface area contributed by atoms with Crippen LogP contribution >= 0.6 is 11.6 Å². The molecule has 0 N–H and O–H groups in total. The van der Waals surface area contributed by atoms with Crippen LogP contribution in [0.4, 0.5) is 0 Å². The molecule has 2 heterocycles. The van der Waals surface area contributed by atoms with Crippen LogP contribution in [0.1, 0.15) is 41.5 Å². The third-order valence-electron chi connectivity index (χ3n) is 5.08. The van der Waals surface area contributed by atoms with Crippen molar-refractivity contribution in [3.05, 3.63) is 46.2 Å². The van der Waals surface area contributed by atoms with Gasteiger partial charge in [0.25, 0.3) is 5.91 Å². The van der Waals surface area contributed by atoms with Gasteiger partial charge in [0.15, 0.2) is 6.10 Å². The van der Waals surface area contributed by atoms with Gasteiger partial charge < -0.3 is 18.9 Å². The molecule has 0 bridgehead atoms. The molecule has 3 rings (SSSR count). The molecule has 2 aromatic rings. The maximum absolute atomic E-state index is 12.7. The lowest BCUT2D eigenvalue weighted by atomic mass is 10.2. The number of esters is 1. The van der Waals surface area contributed by atoms with E-state index in [9.17, 15) is 9.59 Å². The molecule has 0 saturated carbocycles. The Bertz CT molecular complexity index is 900. The molecule has 1 aliphatic rings. The van der Waals surface area contributed by atoms with Crippen LogP contribution in [0.5, 0.6) is 5.75 Å². The lowest BCUT2D eigenvalue weighted by Gasteiger charge is -2.20. The first-order valence-corrected chi connectivity index (χ1v) is 9.74. The minimum Gasteiger partial charge on any atom is -0.495 e. The zero-order chi connectivity index (χ0) is 20.4. The molecular weight excluding hydrogens is 380 g/mol. The molecular formula is C21H25ClN2O4. The maximum atomic E-state index is 12.7. The van der Waals surface area contributed by atoms with Gasteiger partial charge in [0, 0.05) is 29.5 Å². The molecule has 1 saturated heterocycles. The zero-order valence-electron chi connectivity index (χ0n) is 16.6. The summed E-state index contributed by atoms with van der Waals surface area (Å²) in [6, 6.07) is 7.07. The number of amides is 1. The van der Waals surface area contributed by atoms with Crippen LogP contribution in [0, 0.1) is 13.8 Å². The predicted molar refractivity (Wildman–Crippen MR) is 107 cm³/mol. The maximum Gasteiger partial charge on any atom is 0.340 e. The number of carbonyl (C=O) groups excluding carboxylic acids is 2. The van der Waals surface area contributed by atoms with Crippen molar-refractivity contribution in [2.75, 3.05) is 20.2 Å². The van der Waals surface area contributed by atoms with Gasteiger partial charge in [0.1, 0.15) is 5.75 Å². The molecule has 0 unspecified atom stereocenters. The van der Waals surface area contributed by atoms with E-state index in [1.54, 1.807) is 43.2 Å². The molecule has 150 valence electrons. The smallest absolute Gasteiger partial charge is 0.340 e. The summed E-state index contributed by atoms with van der Waals surface area (Å²) in [5.41, 5.74) is 2.69. The predicted octanol–water partition coefficient (Wildman–Crippen LogP) is 3.92. The number of likely N-dealkylation sites (tertiary alicyclic amines) is 1. The van der Waals surface area contributed by atoms with Crippen molar-refractivity contribution < 1.29 is 19.1 Å². The fourth-order valence-electron chi connectivity index (χ4n) is 3.65. The van der Waals surface area contributed by atoms with Gasteiger partial charge in [-0.25, -0.2) is 4.79 Å². The Kier molecular flexibility index (Phi) is 5.98. The van der Waals surface area contributed by atoms with Crippen LogP contribution in [0.25, 0.3) is 5.69 Å². The molecule has 1 atom stereocenters. The quantitative estimate of drug-likeness (QED) is 0.708. The van der Waals surface area contributed by atoms with Crippen molar-refractivity contribution in [1.29, 1.82) is 0 Å². The van der Waals surface area contributed by atoms with E-state index in [1.807, 2.05) is 18.4 Å². The summed E-state index contributed by atoms with van der Waals surface area (Å²) >= 11 is 6.16. The third-order valence-corrected chi connectivity index (χ3v) is 5.32. The highest BCUT2D eigenvalue weighted by Gasteiger charge is 2.28. The molecule has 1 amide bonds. The molecule has 0 spiro atoms. The first kappa shape index (κ1) is 20.3. The van der Waals surface area contributed by atoms with Gasteiger partial charge in [-0.05, 0) is 57.9 Å². The molecule has 1 aliphatic heterocycles. The average molecular weight is 405 g/mol. The summed E-state index contributed by atoms with van der Waals surface area (Å²) in [6.07, 6.45) is 1.18. The van der Waals surface area contributed by atoms with Gasteiger partial charge in [-0.3, -0.25) is 4.79 Å². The van der Waals surface area contributed by atoms with Crippen molar-refractivity contribution in [3.8, 4) is 11.4 Å². The van der Waals surface area contributed by atoms with Gasteiger partial charge in [0.2, 0.25) is 0 Å². The van der Waals surface area contributed by atoms with Crippen LogP contribution in [0.3, 0.4) is 0 Å². The SMILES string of the molecule is COc1ccc(Cl)cc1-n1c(C)cc(C(=O)O[C@H](C)C(=O)N2CCCC2)c1C. The number of aryl methyl sites for hydroxylation is 1. The van der Waals surface area contributed by atoms with E-state index in [1.165, 1.54) is 0 Å². The molecule has 28 heavy (non-hydrogen) atoms. The Morgan fingerprint density at radius 1 is 1.14 bits per heavy atom. The molecule has 6 nitrogen and oxygen atoms in total. The Morgan fingerprint density at radius 2 is 1.82 bits per heavy atom. The zero-order valence-corrected chi connectivity index (χ0v) is 17.4. The number of hydrogen-bond donors (Lipinski definition) is 0. The number of methoxy groups -OCH3 is 1. The number of aromatic nitrogens is 1. The van der Waals surface area contributed by atoms with Crippen molar-refractivity contribution in [3.63, 3.8) is 0 Å². The molecule has 7 heteroatoms. The Morgan fingerprint density at radius 3 is 2.46 bits per heavy atom. The van der Waals surface area contributed by atoms with Crippen molar-refractivity contribution in [2.45, 2.75) is 39.7 Å². The number of hydrogen-bond acceptors (Lipinski definition) is 4. The van der Waals surface area contributed by atoms with E-state index in [0.29, 0.717) is 22.0 Å². The van der Waals surface area contributed by atoms with Gasteiger partial charge in [-0.15, -0.1) is 0 Å². The van der Waals surface area contributed by atoms with Crippen molar-refractivity contribution >= 4 is 23.5 Å². The molecule has 1 aromatic carbocycles. The molecule has 0 radical (unpaired) electrons. The van der Waals surface area contributed by atoms with Crippen LogP contribution in [-0.4, -0.2) is 47.6 Å². The lowest BCUT2D eigenvalue weighted by Crippen LogP contribution is -2.38. The minimum absolute atomic E-state index is 0.142. The van der Waals surface area contributed by atoms with Gasteiger partial charge in [-0.1, -0.05) is 11.6 Å². The number of nitrogens with zero attached hydrogens (tertiary/aromatic N) is 2. The lowest BCUT2D eigenvalue weighted by molar-refractivity contribution is -0.138.